The lowest BCUT2D eigenvalue weighted by Gasteiger charge is -2.26. The SMILES string of the molecule is O=C(CCc1nc(-c2ccccn2)no1)NCCCCN1CCOCC1. The average molecular weight is 359 g/mol. The Morgan fingerprint density at radius 2 is 2.12 bits per heavy atom. The minimum absolute atomic E-state index is 0.00830. The van der Waals surface area contributed by atoms with Crippen LogP contribution in [0.3, 0.4) is 0 Å². The third-order valence-corrected chi connectivity index (χ3v) is 4.25. The molecule has 8 nitrogen and oxygen atoms in total. The largest absolute Gasteiger partial charge is 0.379 e. The van der Waals surface area contributed by atoms with Crippen LogP contribution in [0.2, 0.25) is 0 Å². The van der Waals surface area contributed by atoms with Gasteiger partial charge in [0, 0.05) is 38.7 Å². The number of hydrogen-bond acceptors (Lipinski definition) is 7. The monoisotopic (exact) mass is 359 g/mol. The lowest BCUT2D eigenvalue weighted by Crippen LogP contribution is -2.37. The highest BCUT2D eigenvalue weighted by molar-refractivity contribution is 5.75. The molecule has 140 valence electrons. The van der Waals surface area contributed by atoms with Crippen LogP contribution in [0.5, 0.6) is 0 Å². The van der Waals surface area contributed by atoms with Crippen molar-refractivity contribution in [1.29, 1.82) is 0 Å². The molecule has 2 aromatic rings. The van der Waals surface area contributed by atoms with Gasteiger partial charge in [-0.2, -0.15) is 4.98 Å². The highest BCUT2D eigenvalue weighted by Crippen LogP contribution is 2.12. The number of aryl methyl sites for hydroxylation is 1. The van der Waals surface area contributed by atoms with E-state index < -0.39 is 0 Å². The molecule has 26 heavy (non-hydrogen) atoms. The number of amides is 1. The molecule has 1 N–H and O–H groups in total. The summed E-state index contributed by atoms with van der Waals surface area (Å²) in [6, 6.07) is 5.51. The van der Waals surface area contributed by atoms with Crippen LogP contribution in [0.25, 0.3) is 11.5 Å². The third-order valence-electron chi connectivity index (χ3n) is 4.25. The smallest absolute Gasteiger partial charge is 0.227 e. The number of nitrogens with one attached hydrogen (secondary N) is 1. The molecule has 0 aromatic carbocycles. The lowest BCUT2D eigenvalue weighted by atomic mass is 10.2. The van der Waals surface area contributed by atoms with Crippen molar-refractivity contribution in [3.63, 3.8) is 0 Å². The fraction of sp³-hybridized carbons (Fsp3) is 0.556. The van der Waals surface area contributed by atoms with Gasteiger partial charge in [0.1, 0.15) is 5.69 Å². The molecule has 0 bridgehead atoms. The first kappa shape index (κ1) is 18.5. The molecule has 0 atom stereocenters. The summed E-state index contributed by atoms with van der Waals surface area (Å²) in [7, 11) is 0. The molecule has 0 unspecified atom stereocenters. The Morgan fingerprint density at radius 3 is 2.92 bits per heavy atom. The molecular formula is C18H25N5O3. The predicted molar refractivity (Wildman–Crippen MR) is 95.4 cm³/mol. The molecule has 0 radical (unpaired) electrons. The number of ether oxygens (including phenoxy) is 1. The van der Waals surface area contributed by atoms with Crippen LogP contribution in [-0.2, 0) is 16.0 Å². The summed E-state index contributed by atoms with van der Waals surface area (Å²) in [5, 5.41) is 6.85. The Balaban J connectivity index is 1.29. The predicted octanol–water partition coefficient (Wildman–Crippen LogP) is 1.29. The van der Waals surface area contributed by atoms with Crippen molar-refractivity contribution in [3.05, 3.63) is 30.3 Å². The van der Waals surface area contributed by atoms with Crippen LogP contribution < -0.4 is 5.32 Å². The van der Waals surface area contributed by atoms with Crippen molar-refractivity contribution >= 4 is 5.91 Å². The minimum atomic E-state index is 0.00830. The summed E-state index contributed by atoms with van der Waals surface area (Å²) in [6.45, 7) is 5.45. The molecule has 1 amide bonds. The maximum Gasteiger partial charge on any atom is 0.227 e. The minimum Gasteiger partial charge on any atom is -0.379 e. The molecular weight excluding hydrogens is 334 g/mol. The van der Waals surface area contributed by atoms with Crippen molar-refractivity contribution in [2.45, 2.75) is 25.7 Å². The van der Waals surface area contributed by atoms with Crippen molar-refractivity contribution in [3.8, 4) is 11.5 Å². The van der Waals surface area contributed by atoms with Gasteiger partial charge in [0.05, 0.1) is 13.2 Å². The van der Waals surface area contributed by atoms with Crippen LogP contribution in [0.15, 0.2) is 28.9 Å². The average Bonchev–Trinajstić information content (AvgIpc) is 3.17. The Labute approximate surface area is 152 Å². The summed E-state index contributed by atoms with van der Waals surface area (Å²) in [6.07, 6.45) is 4.51. The van der Waals surface area contributed by atoms with Gasteiger partial charge >= 0.3 is 0 Å². The topological polar surface area (TPSA) is 93.4 Å². The van der Waals surface area contributed by atoms with Crippen molar-refractivity contribution in [2.75, 3.05) is 39.4 Å². The first-order valence-corrected chi connectivity index (χ1v) is 9.12. The quantitative estimate of drug-likeness (QED) is 0.674. The van der Waals surface area contributed by atoms with Crippen LogP contribution in [0, 0.1) is 0 Å². The Morgan fingerprint density at radius 1 is 1.23 bits per heavy atom. The van der Waals surface area contributed by atoms with Gasteiger partial charge in [-0.25, -0.2) is 0 Å². The zero-order chi connectivity index (χ0) is 18.0. The molecule has 1 aliphatic heterocycles. The number of morpholine rings is 1. The second kappa shape index (κ2) is 9.98. The third kappa shape index (κ3) is 5.89. The first-order valence-electron chi connectivity index (χ1n) is 9.12. The fourth-order valence-corrected chi connectivity index (χ4v) is 2.78. The summed E-state index contributed by atoms with van der Waals surface area (Å²) in [5.41, 5.74) is 0.659. The molecule has 1 aliphatic rings. The number of pyridine rings is 1. The van der Waals surface area contributed by atoms with E-state index >= 15 is 0 Å². The number of hydrogen-bond donors (Lipinski definition) is 1. The Kier molecular flexibility index (Phi) is 7.09. The molecule has 2 aromatic heterocycles. The van der Waals surface area contributed by atoms with Gasteiger partial charge in [0.25, 0.3) is 0 Å². The maximum absolute atomic E-state index is 11.9. The molecule has 1 saturated heterocycles. The van der Waals surface area contributed by atoms with Gasteiger partial charge in [-0.15, -0.1) is 0 Å². The zero-order valence-corrected chi connectivity index (χ0v) is 14.9. The van der Waals surface area contributed by atoms with Gasteiger partial charge in [0.15, 0.2) is 0 Å². The molecule has 0 aliphatic carbocycles. The molecule has 3 heterocycles. The van der Waals surface area contributed by atoms with Gasteiger partial charge in [-0.05, 0) is 31.5 Å². The standard InChI is InChI=1S/C18H25N5O3/c24-16(20-9-3-4-10-23-11-13-25-14-12-23)6-7-17-21-18(22-26-17)15-5-1-2-8-19-15/h1-2,5,8H,3-4,6-7,9-14H2,(H,20,24). The summed E-state index contributed by atoms with van der Waals surface area (Å²) >= 11 is 0. The fourth-order valence-electron chi connectivity index (χ4n) is 2.78. The molecule has 0 spiro atoms. The zero-order valence-electron chi connectivity index (χ0n) is 14.9. The van der Waals surface area contributed by atoms with Crippen molar-refractivity contribution in [2.24, 2.45) is 0 Å². The molecule has 3 rings (SSSR count). The number of unbranched alkanes of at least 4 members (excludes halogenated alkanes) is 1. The number of nitrogens with zero attached hydrogens (tertiary/aromatic N) is 4. The number of aromatic nitrogens is 3. The highest BCUT2D eigenvalue weighted by atomic mass is 16.5. The van der Waals surface area contributed by atoms with Gasteiger partial charge < -0.3 is 14.6 Å². The van der Waals surface area contributed by atoms with E-state index in [1.54, 1.807) is 6.20 Å². The summed E-state index contributed by atoms with van der Waals surface area (Å²) < 4.78 is 10.5. The second-order valence-corrected chi connectivity index (χ2v) is 6.24. The molecule has 8 heteroatoms. The van der Waals surface area contributed by atoms with Gasteiger partial charge in [-0.1, -0.05) is 11.2 Å². The van der Waals surface area contributed by atoms with E-state index in [2.05, 4.69) is 25.3 Å². The number of rotatable bonds is 9. The lowest BCUT2D eigenvalue weighted by molar-refractivity contribution is -0.121. The van der Waals surface area contributed by atoms with Crippen LogP contribution in [0.1, 0.15) is 25.2 Å². The van der Waals surface area contributed by atoms with Crippen LogP contribution >= 0.6 is 0 Å². The number of carbonyl (C=O) groups excluding carboxylic acids is 1. The van der Waals surface area contributed by atoms with E-state index in [-0.39, 0.29) is 5.91 Å². The van der Waals surface area contributed by atoms with Crippen molar-refractivity contribution in [1.82, 2.24) is 25.3 Å². The van der Waals surface area contributed by atoms with E-state index in [1.807, 2.05) is 18.2 Å². The molecule has 1 fully saturated rings. The van der Waals surface area contributed by atoms with E-state index in [9.17, 15) is 4.79 Å². The maximum atomic E-state index is 11.9. The van der Waals surface area contributed by atoms with E-state index in [0.717, 1.165) is 45.7 Å². The summed E-state index contributed by atoms with van der Waals surface area (Å²) in [4.78, 5) is 22.8. The van der Waals surface area contributed by atoms with E-state index in [1.165, 1.54) is 0 Å². The van der Waals surface area contributed by atoms with Gasteiger partial charge in [0.2, 0.25) is 17.6 Å². The Bertz CT molecular complexity index is 670. The van der Waals surface area contributed by atoms with E-state index in [4.69, 9.17) is 9.26 Å². The number of carbonyl (C=O) groups is 1. The summed E-state index contributed by atoms with van der Waals surface area (Å²) in [5.74, 6) is 0.909. The molecule has 0 saturated carbocycles. The Hall–Kier alpha value is -2.32. The van der Waals surface area contributed by atoms with Crippen LogP contribution in [0.4, 0.5) is 0 Å². The highest BCUT2D eigenvalue weighted by Gasteiger charge is 2.12. The first-order chi connectivity index (χ1) is 12.8. The van der Waals surface area contributed by atoms with E-state index in [0.29, 0.717) is 36.8 Å². The van der Waals surface area contributed by atoms with Crippen LogP contribution in [-0.4, -0.2) is 65.3 Å². The van der Waals surface area contributed by atoms with Gasteiger partial charge in [-0.3, -0.25) is 14.7 Å². The van der Waals surface area contributed by atoms with Crippen molar-refractivity contribution < 1.29 is 14.1 Å². The normalized spacial score (nSPS) is 15.1. The second-order valence-electron chi connectivity index (χ2n) is 6.24.